The molecule has 2 aromatic heterocycles. The second-order valence-corrected chi connectivity index (χ2v) is 5.65. The van der Waals surface area contributed by atoms with E-state index in [1.54, 1.807) is 42.6 Å². The first-order valence-electron chi connectivity index (χ1n) is 8.55. The minimum absolute atomic E-state index is 0.0231. The zero-order valence-electron chi connectivity index (χ0n) is 14.8. The Bertz CT molecular complexity index is 1020. The van der Waals surface area contributed by atoms with Crippen molar-refractivity contribution in [3.05, 3.63) is 65.7 Å². The number of hydrogen-bond acceptors (Lipinski definition) is 4. The van der Waals surface area contributed by atoms with Crippen molar-refractivity contribution in [2.45, 2.75) is 19.9 Å². The fourth-order valence-corrected chi connectivity index (χ4v) is 2.44. The van der Waals surface area contributed by atoms with Crippen molar-refractivity contribution in [3.8, 4) is 17.6 Å². The molecule has 0 radical (unpaired) electrons. The molecule has 3 rings (SSSR count). The molecule has 2 heterocycles. The molecule has 0 bridgehead atoms. The molecule has 0 atom stereocenters. The van der Waals surface area contributed by atoms with Crippen LogP contribution in [0.2, 0.25) is 0 Å². The summed E-state index contributed by atoms with van der Waals surface area (Å²) in [6, 6.07) is 11.7. The fourth-order valence-electron chi connectivity index (χ4n) is 2.44. The second kappa shape index (κ2) is 8.77. The molecule has 1 aromatic carbocycles. The summed E-state index contributed by atoms with van der Waals surface area (Å²) in [6.07, 6.45) is 2.38. The molecule has 136 valence electrons. The highest BCUT2D eigenvalue weighted by Gasteiger charge is 2.12. The quantitative estimate of drug-likeness (QED) is 0.705. The van der Waals surface area contributed by atoms with Gasteiger partial charge in [0.1, 0.15) is 12.3 Å². The van der Waals surface area contributed by atoms with Gasteiger partial charge in [-0.2, -0.15) is 0 Å². The van der Waals surface area contributed by atoms with Gasteiger partial charge in [-0.25, -0.2) is 9.37 Å². The van der Waals surface area contributed by atoms with Crippen molar-refractivity contribution in [1.82, 2.24) is 15.3 Å². The summed E-state index contributed by atoms with van der Waals surface area (Å²) < 4.78 is 19.8. The summed E-state index contributed by atoms with van der Waals surface area (Å²) in [4.78, 5) is 20.8. The molecular weight excluding hydrogens is 345 g/mol. The lowest BCUT2D eigenvalue weighted by Gasteiger charge is -2.10. The molecule has 27 heavy (non-hydrogen) atoms. The molecule has 0 aliphatic rings. The van der Waals surface area contributed by atoms with Crippen LogP contribution >= 0.6 is 0 Å². The number of nitrogens with zero attached hydrogens (tertiary/aromatic N) is 2. The number of benzene rings is 1. The molecule has 6 heteroatoms. The third kappa shape index (κ3) is 4.59. The molecule has 0 aliphatic heterocycles. The van der Waals surface area contributed by atoms with Gasteiger partial charge >= 0.3 is 0 Å². The van der Waals surface area contributed by atoms with Crippen LogP contribution in [0.15, 0.2) is 48.7 Å². The van der Waals surface area contributed by atoms with Gasteiger partial charge in [-0.05, 0) is 30.3 Å². The van der Waals surface area contributed by atoms with Crippen LogP contribution in [-0.2, 0) is 6.54 Å². The minimum atomic E-state index is -0.508. The van der Waals surface area contributed by atoms with Crippen molar-refractivity contribution in [2.24, 2.45) is 0 Å². The van der Waals surface area contributed by atoms with Crippen LogP contribution < -0.4 is 10.1 Å². The molecule has 0 saturated carbocycles. The highest BCUT2D eigenvalue weighted by atomic mass is 19.1. The maximum absolute atomic E-state index is 14.5. The lowest BCUT2D eigenvalue weighted by Crippen LogP contribution is -2.24. The molecule has 3 aromatic rings. The molecule has 1 N–H and O–H groups in total. The number of halogens is 1. The first-order chi connectivity index (χ1) is 13.2. The molecule has 5 nitrogen and oxygen atoms in total. The van der Waals surface area contributed by atoms with E-state index in [0.29, 0.717) is 16.6 Å². The van der Waals surface area contributed by atoms with E-state index < -0.39 is 5.82 Å². The van der Waals surface area contributed by atoms with Crippen LogP contribution in [0, 0.1) is 17.7 Å². The average Bonchev–Trinajstić information content (AvgIpc) is 2.70. The van der Waals surface area contributed by atoms with Gasteiger partial charge in [-0.1, -0.05) is 25.0 Å². The number of ether oxygens (including phenoxy) is 1. The molecule has 0 spiro atoms. The third-order valence-corrected chi connectivity index (χ3v) is 3.77. The summed E-state index contributed by atoms with van der Waals surface area (Å²) in [7, 11) is 0. The first-order valence-corrected chi connectivity index (χ1v) is 8.55. The Hall–Kier alpha value is -3.46. The number of carbonyl (C=O) groups is 1. The fraction of sp³-hybridized carbons (Fsp3) is 0.190. The molecule has 0 unspecified atom stereocenters. The predicted octanol–water partition coefficient (Wildman–Crippen LogP) is 3.49. The smallest absolute Gasteiger partial charge is 0.270 e. The Morgan fingerprint density at radius 1 is 1.15 bits per heavy atom. The highest BCUT2D eigenvalue weighted by Crippen LogP contribution is 2.20. The molecular formula is C21H18FN3O2. The van der Waals surface area contributed by atoms with Gasteiger partial charge < -0.3 is 10.1 Å². The lowest BCUT2D eigenvalue weighted by molar-refractivity contribution is 0.0946. The Labute approximate surface area is 156 Å². The van der Waals surface area contributed by atoms with Gasteiger partial charge in [0.2, 0.25) is 0 Å². The molecule has 0 fully saturated rings. The number of hydrogen-bond donors (Lipinski definition) is 1. The maximum Gasteiger partial charge on any atom is 0.270 e. The topological polar surface area (TPSA) is 64.1 Å². The number of amides is 1. The van der Waals surface area contributed by atoms with Crippen molar-refractivity contribution in [3.63, 3.8) is 0 Å². The lowest BCUT2D eigenvalue weighted by atomic mass is 10.2. The van der Waals surface area contributed by atoms with Crippen LogP contribution in [0.1, 0.15) is 29.4 Å². The molecule has 0 aliphatic carbocycles. The minimum Gasteiger partial charge on any atom is -0.478 e. The van der Waals surface area contributed by atoms with E-state index in [1.807, 2.05) is 6.92 Å². The van der Waals surface area contributed by atoms with E-state index in [4.69, 9.17) is 4.74 Å². The predicted molar refractivity (Wildman–Crippen MR) is 101 cm³/mol. The van der Waals surface area contributed by atoms with Crippen LogP contribution in [0.4, 0.5) is 4.39 Å². The summed E-state index contributed by atoms with van der Waals surface area (Å²) in [5.74, 6) is 4.87. The van der Waals surface area contributed by atoms with Crippen molar-refractivity contribution in [1.29, 1.82) is 0 Å². The number of aromatic nitrogens is 2. The summed E-state index contributed by atoms with van der Waals surface area (Å²) in [5, 5.41) is 2.68. The van der Waals surface area contributed by atoms with E-state index in [0.717, 1.165) is 6.42 Å². The van der Waals surface area contributed by atoms with Crippen LogP contribution in [0.25, 0.3) is 11.0 Å². The van der Waals surface area contributed by atoms with E-state index in [2.05, 4.69) is 27.1 Å². The van der Waals surface area contributed by atoms with Gasteiger partial charge in [0.15, 0.2) is 11.6 Å². The second-order valence-electron chi connectivity index (χ2n) is 5.65. The van der Waals surface area contributed by atoms with Crippen molar-refractivity contribution in [2.75, 3.05) is 6.61 Å². The van der Waals surface area contributed by atoms with Gasteiger partial charge in [0.05, 0.1) is 11.0 Å². The Morgan fingerprint density at radius 2 is 2.04 bits per heavy atom. The highest BCUT2D eigenvalue weighted by molar-refractivity contribution is 5.94. The number of pyridine rings is 2. The Balaban J connectivity index is 1.67. The SMILES string of the molecule is CCC#CCOc1cccc(CNC(=O)c2ccc3ncccc3n2)c1F. The largest absolute Gasteiger partial charge is 0.478 e. The summed E-state index contributed by atoms with van der Waals surface area (Å²) in [6.45, 7) is 2.07. The van der Waals surface area contributed by atoms with E-state index in [-0.39, 0.29) is 30.5 Å². The molecule has 1 amide bonds. The van der Waals surface area contributed by atoms with Gasteiger partial charge in [0, 0.05) is 24.7 Å². The standard InChI is InChI=1S/C21H18FN3O2/c1-2-3-4-13-27-19-9-5-7-15(20(19)22)14-24-21(26)18-11-10-16-17(25-18)8-6-12-23-16/h5-12H,2,13-14H2,1H3,(H,24,26). The number of rotatable bonds is 5. The van der Waals surface area contributed by atoms with Crippen molar-refractivity contribution < 1.29 is 13.9 Å². The summed E-state index contributed by atoms with van der Waals surface area (Å²) in [5.41, 5.74) is 1.90. The maximum atomic E-state index is 14.5. The van der Waals surface area contributed by atoms with Crippen molar-refractivity contribution >= 4 is 16.9 Å². The normalized spacial score (nSPS) is 10.1. The van der Waals surface area contributed by atoms with Gasteiger partial charge in [0.25, 0.3) is 5.91 Å². The number of carbonyl (C=O) groups excluding carboxylic acids is 1. The van der Waals surface area contributed by atoms with Crippen LogP contribution in [0.5, 0.6) is 5.75 Å². The first kappa shape index (κ1) is 18.3. The number of fused-ring (bicyclic) bond motifs is 1. The zero-order chi connectivity index (χ0) is 19.1. The monoisotopic (exact) mass is 363 g/mol. The molecule has 0 saturated heterocycles. The Morgan fingerprint density at radius 3 is 2.89 bits per heavy atom. The van der Waals surface area contributed by atoms with Crippen LogP contribution in [-0.4, -0.2) is 22.5 Å². The number of nitrogens with one attached hydrogen (secondary N) is 1. The zero-order valence-corrected chi connectivity index (χ0v) is 14.8. The summed E-state index contributed by atoms with van der Waals surface area (Å²) >= 11 is 0. The average molecular weight is 363 g/mol. The van der Waals surface area contributed by atoms with E-state index in [1.165, 1.54) is 6.07 Å². The van der Waals surface area contributed by atoms with E-state index in [9.17, 15) is 9.18 Å². The van der Waals surface area contributed by atoms with Crippen LogP contribution in [0.3, 0.4) is 0 Å². The van der Waals surface area contributed by atoms with Gasteiger partial charge in [-0.15, -0.1) is 5.92 Å². The van der Waals surface area contributed by atoms with E-state index >= 15 is 0 Å². The van der Waals surface area contributed by atoms with Gasteiger partial charge in [-0.3, -0.25) is 9.78 Å². The Kier molecular flexibility index (Phi) is 5.95. The third-order valence-electron chi connectivity index (χ3n) is 3.77.